The third kappa shape index (κ3) is 31.1. The molecule has 21 aromatic rings. The van der Waals surface area contributed by atoms with Crippen molar-refractivity contribution >= 4 is 70.1 Å². The van der Waals surface area contributed by atoms with E-state index in [1.807, 2.05) is 209 Å². The number of nitrogens with zero attached hydrogens (tertiary/aromatic N) is 7. The number of aliphatic hydroxyl groups excluding tert-OH is 1. The number of pyridine rings is 7. The SMILES string of the molecule is CC(=O)C=C(C)O.CC(C)(C)c1ccc(-c2[c-]cccc2)nc1.Cc1[c-]c(-c2cc(CC(C)C)c3cc(-c4ccccc4)ccc3n2)cc(C)c1.Cc1ccc(-c2[c-]ccc(-c3ccccc3)c2)nc1.Cc1ccc(-c2[c-]cccc2)nc1.Cc1ccc(-c2[c-]cccc2)nc1.Cc1ccnc(-c2[c-]cc3oc4ccccc4c3c2)c1.Cc1ccnc(-c2[c-]cc3sc4ccccc4c3c2)c1.[Ir].[Ir].[Ir].[Ir]. The molecule has 0 bridgehead atoms. The van der Waals surface area contributed by atoms with Gasteiger partial charge in [0.2, 0.25) is 0 Å². The van der Waals surface area contributed by atoms with E-state index >= 15 is 0 Å². The number of aliphatic hydroxyl groups is 1. The molecule has 15 heteroatoms. The number of aryl methyl sites for hydroxylation is 7. The van der Waals surface area contributed by atoms with Crippen LogP contribution in [-0.4, -0.2) is 45.8 Å². The number of carbonyl (C=O) groups is 1. The second-order valence-corrected chi connectivity index (χ2v) is 36.0. The molecule has 21 rings (SSSR count). The minimum atomic E-state index is -0.125. The molecule has 9 heterocycles. The van der Waals surface area contributed by atoms with Crippen molar-refractivity contribution in [2.24, 2.45) is 5.92 Å². The van der Waals surface area contributed by atoms with Gasteiger partial charge >= 0.3 is 0 Å². The fourth-order valence-electron chi connectivity index (χ4n) is 15.1. The molecule has 0 spiro atoms. The quantitative estimate of drug-likeness (QED) is 0.0714. The van der Waals surface area contributed by atoms with Crippen LogP contribution in [0.3, 0.4) is 0 Å². The van der Waals surface area contributed by atoms with Gasteiger partial charge in [0.1, 0.15) is 5.58 Å². The number of furan rings is 1. The standard InChI is InChI=1S/C27H26N.C18H12NO.C18H12NS.C18H14N.C15H16N.2C12H10N.C5H8O2.4Ir/c1-18(2)12-23-17-27(24-14-19(3)13-20(4)15-24)28-26-11-10-22(16-25(23)26)21-8-6-5-7-9-21;2*1-12-8-9-19-16(10-12)13-6-7-18-15(11-13)14-4-2-3-5-17(14)20-18;1-14-10-11-18(19-13-14)17-9-5-8-16(12-17)15-6-3-2-4-7-15;1-15(2,3)13-9-10-14(16-11-13)12-7-5-4-6-8-12;2*1-10-7-8-12(13-9-10)11-5-3-2-4-6-11;1-4(6)3-5(2)7;;;;/h5-11,13-14,16-18H,12H2,1-4H3;2*2-5,7-11H,1H3;2-8,10-13H,1H3;4-7,9-11H,1-3H3;2*2-5,7-9H,1H3;3,6H,1-2H3;;;;/q7*-1;;;;;. The molecule has 0 amide bonds. The first-order valence-electron chi connectivity index (χ1n) is 45.5. The Bertz CT molecular complexity index is 7290. The number of rotatable bonds is 12. The number of carbonyl (C=O) groups excluding carboxylic acids is 1. The number of aromatic nitrogens is 7. The minimum Gasteiger partial charge on any atom is -0.512 e. The molecule has 0 unspecified atom stereocenters. The van der Waals surface area contributed by atoms with Crippen LogP contribution in [0.4, 0.5) is 0 Å². The Kier molecular flexibility index (Phi) is 41.4. The van der Waals surface area contributed by atoms with E-state index in [0.29, 0.717) is 5.92 Å². The van der Waals surface area contributed by atoms with Gasteiger partial charge in [0.15, 0.2) is 5.78 Å². The molecule has 10 nitrogen and oxygen atoms in total. The van der Waals surface area contributed by atoms with Gasteiger partial charge in [-0.2, -0.15) is 11.3 Å². The molecule has 710 valence electrons. The molecule has 0 atom stereocenters. The summed E-state index contributed by atoms with van der Waals surface area (Å²) in [7, 11) is 0. The zero-order chi connectivity index (χ0) is 95.5. The second-order valence-electron chi connectivity index (χ2n) is 34.9. The number of ketones is 1. The molecular weight excluding hydrogens is 2450 g/mol. The Morgan fingerprint density at radius 3 is 1.32 bits per heavy atom. The predicted molar refractivity (Wildman–Crippen MR) is 566 cm³/mol. The van der Waals surface area contributed by atoms with E-state index in [-0.39, 0.29) is 97.4 Å². The minimum absolute atomic E-state index is 0. The number of benzene rings is 12. The van der Waals surface area contributed by atoms with E-state index in [1.54, 1.807) is 0 Å². The smallest absolute Gasteiger partial charge is 0.155 e. The van der Waals surface area contributed by atoms with Gasteiger partial charge in [0.25, 0.3) is 0 Å². The van der Waals surface area contributed by atoms with Crippen LogP contribution in [-0.2, 0) is 97.1 Å². The average molecular weight is 2560 g/mol. The van der Waals surface area contributed by atoms with E-state index in [0.717, 1.165) is 118 Å². The Labute approximate surface area is 882 Å². The molecule has 1 N–H and O–H groups in total. The summed E-state index contributed by atoms with van der Waals surface area (Å²) in [6.45, 7) is 28.5. The summed E-state index contributed by atoms with van der Waals surface area (Å²) in [5, 5.41) is 14.5. The average Bonchev–Trinajstić information content (AvgIpc) is 1.32. The van der Waals surface area contributed by atoms with Gasteiger partial charge < -0.3 is 39.4 Å². The number of allylic oxidation sites excluding steroid dienone is 2. The first-order valence-corrected chi connectivity index (χ1v) is 46.3. The summed E-state index contributed by atoms with van der Waals surface area (Å²) in [4.78, 5) is 41.5. The van der Waals surface area contributed by atoms with Crippen molar-refractivity contribution in [3.05, 3.63) is 475 Å². The van der Waals surface area contributed by atoms with Crippen LogP contribution >= 0.6 is 11.3 Å². The zero-order valence-corrected chi connectivity index (χ0v) is 91.1. The van der Waals surface area contributed by atoms with Crippen molar-refractivity contribution in [1.82, 2.24) is 34.9 Å². The normalized spacial score (nSPS) is 10.6. The van der Waals surface area contributed by atoms with E-state index in [9.17, 15) is 4.79 Å². The van der Waals surface area contributed by atoms with Gasteiger partial charge in [-0.05, 0) is 197 Å². The van der Waals surface area contributed by atoms with Crippen molar-refractivity contribution in [2.45, 2.75) is 109 Å². The molecule has 0 aliphatic carbocycles. The van der Waals surface area contributed by atoms with Crippen LogP contribution in [0.25, 0.3) is 154 Å². The Balaban J connectivity index is 0.000000167. The third-order valence-electron chi connectivity index (χ3n) is 22.0. The van der Waals surface area contributed by atoms with E-state index in [2.05, 4.69) is 329 Å². The summed E-state index contributed by atoms with van der Waals surface area (Å²) >= 11 is 1.82. The summed E-state index contributed by atoms with van der Waals surface area (Å²) in [5.41, 5.74) is 33.0. The molecule has 4 radical (unpaired) electrons. The van der Waals surface area contributed by atoms with Gasteiger partial charge in [0.05, 0.1) is 16.9 Å². The van der Waals surface area contributed by atoms with Crippen molar-refractivity contribution in [1.29, 1.82) is 0 Å². The number of thiophene rings is 1. The number of hydrogen-bond acceptors (Lipinski definition) is 11. The van der Waals surface area contributed by atoms with E-state index < -0.39 is 0 Å². The molecule has 0 aliphatic rings. The number of hydrogen-bond donors (Lipinski definition) is 1. The van der Waals surface area contributed by atoms with Gasteiger partial charge in [-0.15, -0.1) is 225 Å². The Hall–Kier alpha value is -13.2. The molecule has 12 aromatic carbocycles. The maximum Gasteiger partial charge on any atom is 0.155 e. The largest absolute Gasteiger partial charge is 0.512 e. The molecule has 140 heavy (non-hydrogen) atoms. The zero-order valence-electron chi connectivity index (χ0n) is 80.7. The number of para-hydroxylation sites is 1. The molecular formula is C125H108Ir4N7O3S-7. The van der Waals surface area contributed by atoms with Crippen LogP contribution in [0.1, 0.15) is 98.5 Å². The summed E-state index contributed by atoms with van der Waals surface area (Å²) in [6.07, 6.45) is 13.5. The van der Waals surface area contributed by atoms with Gasteiger partial charge in [-0.25, -0.2) is 0 Å². The molecule has 0 saturated heterocycles. The fraction of sp³-hybridized carbons (Fsp3) is 0.136. The molecule has 0 saturated carbocycles. The first-order chi connectivity index (χ1) is 65.9. The van der Waals surface area contributed by atoms with Gasteiger partial charge in [-0.3, -0.25) is 9.78 Å². The predicted octanol–water partition coefficient (Wildman–Crippen LogP) is 32.3. The van der Waals surface area contributed by atoms with E-state index in [4.69, 9.17) is 14.5 Å². The van der Waals surface area contributed by atoms with Crippen LogP contribution < -0.4 is 0 Å². The molecule has 0 fully saturated rings. The van der Waals surface area contributed by atoms with Gasteiger partial charge in [-0.1, -0.05) is 240 Å². The summed E-state index contributed by atoms with van der Waals surface area (Å²) < 4.78 is 8.42. The third-order valence-corrected chi connectivity index (χ3v) is 23.1. The monoisotopic (exact) mass is 2560 g/mol. The second kappa shape index (κ2) is 53.2. The maximum absolute atomic E-state index is 10.0. The molecule has 0 aliphatic heterocycles. The first kappa shape index (κ1) is 109. The summed E-state index contributed by atoms with van der Waals surface area (Å²) in [6, 6.07) is 136. The van der Waals surface area contributed by atoms with Crippen molar-refractivity contribution in [3.63, 3.8) is 0 Å². The van der Waals surface area contributed by atoms with Crippen LogP contribution in [0.5, 0.6) is 0 Å². The van der Waals surface area contributed by atoms with E-state index in [1.165, 1.54) is 112 Å². The van der Waals surface area contributed by atoms with Crippen LogP contribution in [0.15, 0.2) is 387 Å². The molecule has 9 aromatic heterocycles. The van der Waals surface area contributed by atoms with Crippen LogP contribution in [0.2, 0.25) is 0 Å². The maximum atomic E-state index is 10.0. The van der Waals surface area contributed by atoms with Crippen molar-refractivity contribution in [2.75, 3.05) is 0 Å². The van der Waals surface area contributed by atoms with Crippen molar-refractivity contribution in [3.8, 4) is 101 Å². The Morgan fingerprint density at radius 1 is 0.364 bits per heavy atom. The summed E-state index contributed by atoms with van der Waals surface area (Å²) in [5.74, 6) is 0.523. The Morgan fingerprint density at radius 2 is 0.843 bits per heavy atom. The topological polar surface area (TPSA) is 141 Å². The van der Waals surface area contributed by atoms with Crippen LogP contribution in [0, 0.1) is 96.8 Å². The van der Waals surface area contributed by atoms with Gasteiger partial charge in [0, 0.05) is 139 Å². The van der Waals surface area contributed by atoms with Crippen molar-refractivity contribution < 1.29 is 94.7 Å². The fourth-order valence-corrected chi connectivity index (χ4v) is 16.2. The number of fused-ring (bicyclic) bond motifs is 7.